The molecule has 0 unspecified atom stereocenters. The summed E-state index contributed by atoms with van der Waals surface area (Å²) in [6.07, 6.45) is 2.50. The molecule has 0 atom stereocenters. The van der Waals surface area contributed by atoms with E-state index in [4.69, 9.17) is 13.7 Å². The highest BCUT2D eigenvalue weighted by Crippen LogP contribution is 2.30. The Morgan fingerprint density at radius 1 is 1.23 bits per heavy atom. The first-order valence-corrected chi connectivity index (χ1v) is 11.7. The van der Waals surface area contributed by atoms with Gasteiger partial charge in [-0.15, -0.1) is 0 Å². The third-order valence-corrected chi connectivity index (χ3v) is 6.60. The molecule has 2 aromatic heterocycles. The van der Waals surface area contributed by atoms with Crippen molar-refractivity contribution in [2.24, 2.45) is 5.92 Å². The molecule has 0 amide bonds. The van der Waals surface area contributed by atoms with Crippen LogP contribution >= 0.6 is 15.9 Å². The van der Waals surface area contributed by atoms with Gasteiger partial charge in [-0.2, -0.15) is 8.42 Å². The summed E-state index contributed by atoms with van der Waals surface area (Å²) in [5, 5.41) is 14.6. The number of rotatable bonds is 6. The van der Waals surface area contributed by atoms with Crippen LogP contribution in [0.3, 0.4) is 0 Å². The van der Waals surface area contributed by atoms with Crippen LogP contribution in [0, 0.1) is 11.7 Å². The van der Waals surface area contributed by atoms with Crippen LogP contribution in [0.5, 0.6) is 0 Å². The summed E-state index contributed by atoms with van der Waals surface area (Å²) < 4.78 is 55.6. The van der Waals surface area contributed by atoms with Crippen LogP contribution in [-0.4, -0.2) is 44.8 Å². The second-order valence-electron chi connectivity index (χ2n) is 7.28. The van der Waals surface area contributed by atoms with Crippen molar-refractivity contribution >= 4 is 31.9 Å². The fourth-order valence-corrected chi connectivity index (χ4v) is 4.94. The Morgan fingerprint density at radius 3 is 2.65 bits per heavy atom. The second-order valence-corrected chi connectivity index (χ2v) is 9.63. The van der Waals surface area contributed by atoms with Crippen LogP contribution in [0.4, 0.5) is 10.2 Å². The lowest BCUT2D eigenvalue weighted by Gasteiger charge is -2.28. The van der Waals surface area contributed by atoms with Gasteiger partial charge in [0.2, 0.25) is 11.6 Å². The molecule has 0 spiro atoms. The molecule has 1 fully saturated rings. The molecule has 11 nitrogen and oxygen atoms in total. The van der Waals surface area contributed by atoms with Crippen molar-refractivity contribution in [2.75, 3.05) is 11.1 Å². The Morgan fingerprint density at radius 2 is 1.97 bits per heavy atom. The molecular weight excluding hydrogens is 501 g/mol. The third kappa shape index (κ3) is 4.85. The summed E-state index contributed by atoms with van der Waals surface area (Å²) in [5.41, 5.74) is 0.431. The second kappa shape index (κ2) is 8.51. The number of nitrogens with one attached hydrogen (secondary N) is 1. The topological polar surface area (TPSA) is 153 Å². The predicted molar refractivity (Wildman–Crippen MR) is 109 cm³/mol. The highest BCUT2D eigenvalue weighted by atomic mass is 79.9. The summed E-state index contributed by atoms with van der Waals surface area (Å²) in [5.74, 6) is -1.40. The largest absolute Gasteiger partial charge is 0.446 e. The lowest BCUT2D eigenvalue weighted by molar-refractivity contribution is 0.307. The Bertz CT molecular complexity index is 1250. The van der Waals surface area contributed by atoms with Crippen LogP contribution in [0.15, 0.2) is 36.6 Å². The molecule has 1 saturated carbocycles. The van der Waals surface area contributed by atoms with E-state index >= 15 is 0 Å². The molecule has 31 heavy (non-hydrogen) atoms. The molecule has 14 heteroatoms. The molecule has 1 aromatic carbocycles. The maximum Gasteiger partial charge on any atom is 0.446 e. The monoisotopic (exact) mass is 517 g/mol. The minimum Gasteiger partial charge on any atom is -0.363 e. The smallest absolute Gasteiger partial charge is 0.363 e. The number of halogens is 2. The van der Waals surface area contributed by atoms with E-state index in [1.807, 2.05) is 0 Å². The Labute approximate surface area is 183 Å². The number of hydrogen-bond acceptors (Lipinski definition) is 9. The molecule has 0 bridgehead atoms. The molecule has 166 valence electrons. The molecule has 0 aliphatic heterocycles. The minimum absolute atomic E-state index is 0.0207. The van der Waals surface area contributed by atoms with Crippen LogP contribution in [0.1, 0.15) is 25.7 Å². The van der Waals surface area contributed by atoms with Gasteiger partial charge in [-0.1, -0.05) is 5.16 Å². The Kier molecular flexibility index (Phi) is 5.94. The number of hydrogen-bond donors (Lipinski definition) is 2. The van der Waals surface area contributed by atoms with Gasteiger partial charge in [0.05, 0.1) is 15.9 Å². The molecule has 3 aromatic rings. The molecule has 4 rings (SSSR count). The van der Waals surface area contributed by atoms with E-state index in [0.717, 1.165) is 4.57 Å². The van der Waals surface area contributed by atoms with E-state index in [1.54, 1.807) is 0 Å². The zero-order chi connectivity index (χ0) is 22.2. The van der Waals surface area contributed by atoms with E-state index in [1.165, 1.54) is 18.2 Å². The molecule has 2 N–H and O–H groups in total. The van der Waals surface area contributed by atoms with Crippen LogP contribution in [0.25, 0.3) is 17.2 Å². The van der Waals surface area contributed by atoms with Gasteiger partial charge in [0.25, 0.3) is 10.1 Å². The van der Waals surface area contributed by atoms with Gasteiger partial charge in [-0.05, 0) is 76.0 Å². The summed E-state index contributed by atoms with van der Waals surface area (Å²) in [7, 11) is -4.00. The molecule has 0 saturated heterocycles. The zero-order valence-electron chi connectivity index (χ0n) is 15.9. The predicted octanol–water partition coefficient (Wildman–Crippen LogP) is 2.64. The summed E-state index contributed by atoms with van der Waals surface area (Å²) in [6.45, 7) is 0. The van der Waals surface area contributed by atoms with Crippen molar-refractivity contribution in [3.63, 3.8) is 0 Å². The minimum atomic E-state index is -4.00. The first-order valence-electron chi connectivity index (χ1n) is 9.30. The highest BCUT2D eigenvalue weighted by molar-refractivity contribution is 9.10. The van der Waals surface area contributed by atoms with E-state index in [0.29, 0.717) is 31.4 Å². The molecule has 0 radical (unpaired) electrons. The molecular formula is C17H17BrFN5O6S. The fourth-order valence-electron chi connectivity index (χ4n) is 3.65. The lowest BCUT2D eigenvalue weighted by atomic mass is 9.87. The SMILES string of the molecule is O=c1onc(-c2nonc2NC2CCC(CS(=O)(=O)O)CC2)n1-c1ccc(F)c(Br)c1. The van der Waals surface area contributed by atoms with Crippen molar-refractivity contribution < 1.29 is 26.5 Å². The van der Waals surface area contributed by atoms with E-state index < -0.39 is 21.7 Å². The number of anilines is 1. The summed E-state index contributed by atoms with van der Waals surface area (Å²) >= 11 is 3.08. The number of nitrogens with zero attached hydrogens (tertiary/aromatic N) is 4. The fraction of sp³-hybridized carbons (Fsp3) is 0.412. The maximum atomic E-state index is 13.6. The van der Waals surface area contributed by atoms with Gasteiger partial charge in [0.1, 0.15) is 5.82 Å². The van der Waals surface area contributed by atoms with Crippen LogP contribution in [-0.2, 0) is 10.1 Å². The molecule has 2 heterocycles. The van der Waals surface area contributed by atoms with Crippen molar-refractivity contribution in [1.82, 2.24) is 20.0 Å². The van der Waals surface area contributed by atoms with Gasteiger partial charge < -0.3 is 5.32 Å². The molecule has 1 aliphatic rings. The van der Waals surface area contributed by atoms with Crippen molar-refractivity contribution in [2.45, 2.75) is 31.7 Å². The van der Waals surface area contributed by atoms with Gasteiger partial charge in [0.15, 0.2) is 5.69 Å². The highest BCUT2D eigenvalue weighted by Gasteiger charge is 2.28. The molecule has 1 aliphatic carbocycles. The number of aromatic nitrogens is 4. The lowest BCUT2D eigenvalue weighted by Crippen LogP contribution is -2.29. The van der Waals surface area contributed by atoms with E-state index in [2.05, 4.69) is 36.7 Å². The van der Waals surface area contributed by atoms with Crippen LogP contribution in [0.2, 0.25) is 0 Å². The normalized spacial score (nSPS) is 19.5. The maximum absolute atomic E-state index is 13.6. The van der Waals surface area contributed by atoms with Gasteiger partial charge in [0, 0.05) is 6.04 Å². The van der Waals surface area contributed by atoms with Crippen molar-refractivity contribution in [3.05, 3.63) is 39.0 Å². The average molecular weight is 518 g/mol. The van der Waals surface area contributed by atoms with E-state index in [9.17, 15) is 17.6 Å². The average Bonchev–Trinajstić information content (AvgIpc) is 3.30. The zero-order valence-corrected chi connectivity index (χ0v) is 18.3. The Hall–Kier alpha value is -2.58. The first kappa shape index (κ1) is 21.6. The summed E-state index contributed by atoms with van der Waals surface area (Å²) in [4.78, 5) is 12.2. The van der Waals surface area contributed by atoms with Crippen LogP contribution < -0.4 is 11.1 Å². The van der Waals surface area contributed by atoms with Gasteiger partial charge in [-0.25, -0.2) is 18.4 Å². The van der Waals surface area contributed by atoms with E-state index in [-0.39, 0.29) is 39.5 Å². The van der Waals surface area contributed by atoms with Gasteiger partial charge in [-0.3, -0.25) is 9.08 Å². The standard InChI is InChI=1S/C17H17BrFN5O6S/c18-12-7-11(5-6-13(12)19)24-16(23-29-17(24)25)14-15(22-30-21-14)20-10-3-1-9(2-4-10)8-31(26,27)28/h5-7,9-10H,1-4,8H2,(H,20,22)(H,26,27,28). The third-order valence-electron chi connectivity index (χ3n) is 5.10. The Balaban J connectivity index is 1.55. The first-order chi connectivity index (χ1) is 14.7. The van der Waals surface area contributed by atoms with Crippen molar-refractivity contribution in [3.8, 4) is 17.2 Å². The van der Waals surface area contributed by atoms with Gasteiger partial charge >= 0.3 is 5.76 Å². The van der Waals surface area contributed by atoms with Crippen molar-refractivity contribution in [1.29, 1.82) is 0 Å². The number of benzene rings is 1. The summed E-state index contributed by atoms with van der Waals surface area (Å²) in [6, 6.07) is 3.93. The quantitative estimate of drug-likeness (QED) is 0.466.